The highest BCUT2D eigenvalue weighted by atomic mass is 16.2. The summed E-state index contributed by atoms with van der Waals surface area (Å²) in [4.78, 5) is 37.6. The molecule has 1 aliphatic heterocycles. The number of rotatable bonds is 3. The van der Waals surface area contributed by atoms with Gasteiger partial charge in [-0.25, -0.2) is 0 Å². The van der Waals surface area contributed by atoms with Crippen molar-refractivity contribution in [1.82, 2.24) is 4.57 Å². The van der Waals surface area contributed by atoms with E-state index in [-0.39, 0.29) is 22.9 Å². The van der Waals surface area contributed by atoms with E-state index < -0.39 is 0 Å². The molecule has 0 bridgehead atoms. The zero-order valence-corrected chi connectivity index (χ0v) is 12.8. The minimum absolute atomic E-state index is 0.0558. The molecule has 6 nitrogen and oxygen atoms in total. The molecule has 1 aromatic carbocycles. The fourth-order valence-electron chi connectivity index (χ4n) is 2.60. The van der Waals surface area contributed by atoms with Crippen molar-refractivity contribution < 1.29 is 9.59 Å². The van der Waals surface area contributed by atoms with Crippen LogP contribution in [0.15, 0.2) is 47.4 Å². The molecule has 1 aromatic heterocycles. The topological polar surface area (TPSA) is 71.4 Å². The summed E-state index contributed by atoms with van der Waals surface area (Å²) in [5.74, 6) is -0.318. The van der Waals surface area contributed by atoms with Crippen LogP contribution >= 0.6 is 0 Å². The van der Waals surface area contributed by atoms with E-state index in [1.54, 1.807) is 36.3 Å². The van der Waals surface area contributed by atoms with Crippen molar-refractivity contribution in [2.24, 2.45) is 7.05 Å². The smallest absolute Gasteiger partial charge is 0.255 e. The van der Waals surface area contributed by atoms with Crippen molar-refractivity contribution in [1.29, 1.82) is 0 Å². The number of carbonyl (C=O) groups excluding carboxylic acids is 2. The second-order valence-corrected chi connectivity index (χ2v) is 5.48. The van der Waals surface area contributed by atoms with Crippen LogP contribution in [0.1, 0.15) is 23.2 Å². The van der Waals surface area contributed by atoms with Gasteiger partial charge in [0.05, 0.1) is 11.4 Å². The normalized spacial score (nSPS) is 14.1. The molecule has 0 radical (unpaired) electrons. The fraction of sp³-hybridized carbons (Fsp3) is 0.235. The highest BCUT2D eigenvalue weighted by Gasteiger charge is 2.24. The van der Waals surface area contributed by atoms with Gasteiger partial charge in [-0.15, -0.1) is 0 Å². The molecule has 0 aliphatic carbocycles. The molecule has 3 rings (SSSR count). The van der Waals surface area contributed by atoms with Crippen LogP contribution < -0.4 is 15.8 Å². The molecule has 1 N–H and O–H groups in total. The lowest BCUT2D eigenvalue weighted by Crippen LogP contribution is -2.26. The van der Waals surface area contributed by atoms with Crippen LogP contribution in [0.5, 0.6) is 0 Å². The van der Waals surface area contributed by atoms with E-state index in [0.717, 1.165) is 6.42 Å². The van der Waals surface area contributed by atoms with Crippen LogP contribution in [-0.2, 0) is 11.8 Å². The van der Waals surface area contributed by atoms with Crippen molar-refractivity contribution in [3.8, 4) is 0 Å². The van der Waals surface area contributed by atoms with Crippen LogP contribution in [0.4, 0.5) is 11.4 Å². The van der Waals surface area contributed by atoms with Crippen molar-refractivity contribution in [2.45, 2.75) is 12.8 Å². The minimum Gasteiger partial charge on any atom is -0.320 e. The molecular weight excluding hydrogens is 294 g/mol. The molecule has 2 heterocycles. The third-order valence-corrected chi connectivity index (χ3v) is 3.88. The van der Waals surface area contributed by atoms with Gasteiger partial charge in [0.25, 0.3) is 11.5 Å². The number of hydrogen-bond acceptors (Lipinski definition) is 3. The molecular formula is C17H17N3O3. The molecule has 1 aliphatic rings. The van der Waals surface area contributed by atoms with Gasteiger partial charge in [-0.2, -0.15) is 0 Å². The number of hydrogen-bond donors (Lipinski definition) is 1. The molecule has 2 aromatic rings. The van der Waals surface area contributed by atoms with Gasteiger partial charge in [0.1, 0.15) is 0 Å². The second kappa shape index (κ2) is 6.08. The van der Waals surface area contributed by atoms with Gasteiger partial charge in [-0.05, 0) is 24.6 Å². The maximum absolute atomic E-state index is 12.4. The molecule has 6 heteroatoms. The van der Waals surface area contributed by atoms with Crippen molar-refractivity contribution in [3.05, 3.63) is 58.5 Å². The SMILES string of the molecule is Cn1ccc(C(=O)Nc2ccccc2N2CCCC2=O)cc1=O. The van der Waals surface area contributed by atoms with E-state index in [1.807, 2.05) is 12.1 Å². The van der Waals surface area contributed by atoms with E-state index in [1.165, 1.54) is 10.6 Å². The Hall–Kier alpha value is -2.89. The predicted molar refractivity (Wildman–Crippen MR) is 87.7 cm³/mol. The van der Waals surface area contributed by atoms with Crippen molar-refractivity contribution in [3.63, 3.8) is 0 Å². The molecule has 0 spiro atoms. The molecule has 1 fully saturated rings. The Morgan fingerprint density at radius 1 is 1.17 bits per heavy atom. The molecule has 1 saturated heterocycles. The summed E-state index contributed by atoms with van der Waals surface area (Å²) >= 11 is 0. The van der Waals surface area contributed by atoms with Gasteiger partial charge in [0.15, 0.2) is 0 Å². The maximum atomic E-state index is 12.4. The third-order valence-electron chi connectivity index (χ3n) is 3.88. The van der Waals surface area contributed by atoms with Gasteiger partial charge >= 0.3 is 0 Å². The number of nitrogens with zero attached hydrogens (tertiary/aromatic N) is 2. The summed E-state index contributed by atoms with van der Waals surface area (Å²) in [5, 5.41) is 2.79. The van der Waals surface area contributed by atoms with Gasteiger partial charge in [0.2, 0.25) is 5.91 Å². The Kier molecular flexibility index (Phi) is 3.97. The first-order chi connectivity index (χ1) is 11.1. The number of amides is 2. The zero-order valence-electron chi connectivity index (χ0n) is 12.8. The van der Waals surface area contributed by atoms with E-state index in [2.05, 4.69) is 5.32 Å². The first kappa shape index (κ1) is 15.0. The number of aromatic nitrogens is 1. The Morgan fingerprint density at radius 3 is 2.65 bits per heavy atom. The highest BCUT2D eigenvalue weighted by Crippen LogP contribution is 2.29. The van der Waals surface area contributed by atoms with E-state index in [4.69, 9.17) is 0 Å². The van der Waals surface area contributed by atoms with Crippen LogP contribution in [0.3, 0.4) is 0 Å². The summed E-state index contributed by atoms with van der Waals surface area (Å²) in [6.07, 6.45) is 2.89. The van der Waals surface area contributed by atoms with E-state index >= 15 is 0 Å². The highest BCUT2D eigenvalue weighted by molar-refractivity contribution is 6.07. The van der Waals surface area contributed by atoms with Crippen molar-refractivity contribution >= 4 is 23.2 Å². The summed E-state index contributed by atoms with van der Waals surface area (Å²) in [6, 6.07) is 10.1. The van der Waals surface area contributed by atoms with Crippen LogP contribution in [-0.4, -0.2) is 22.9 Å². The molecule has 0 unspecified atom stereocenters. The summed E-state index contributed by atoms with van der Waals surface area (Å²) in [6.45, 7) is 0.650. The first-order valence-electron chi connectivity index (χ1n) is 7.44. The standard InChI is InChI=1S/C17H17N3O3/c1-19-10-8-12(11-16(19)22)17(23)18-13-5-2-3-6-14(13)20-9-4-7-15(20)21/h2-3,5-6,8,10-11H,4,7,9H2,1H3,(H,18,23). The largest absolute Gasteiger partial charge is 0.320 e. The number of benzene rings is 1. The second-order valence-electron chi connectivity index (χ2n) is 5.48. The summed E-state index contributed by atoms with van der Waals surface area (Å²) < 4.78 is 1.40. The minimum atomic E-state index is -0.373. The quantitative estimate of drug-likeness (QED) is 0.939. The number of nitrogens with one attached hydrogen (secondary N) is 1. The lowest BCUT2D eigenvalue weighted by atomic mass is 10.2. The molecule has 0 saturated carbocycles. The number of anilines is 2. The van der Waals surface area contributed by atoms with Gasteiger partial charge in [0, 0.05) is 37.8 Å². The molecule has 23 heavy (non-hydrogen) atoms. The summed E-state index contributed by atoms with van der Waals surface area (Å²) in [5.41, 5.74) is 1.29. The van der Waals surface area contributed by atoms with Gasteiger partial charge < -0.3 is 14.8 Å². The number of carbonyl (C=O) groups is 2. The lowest BCUT2D eigenvalue weighted by molar-refractivity contribution is -0.117. The number of pyridine rings is 1. The number of aryl methyl sites for hydroxylation is 1. The summed E-state index contributed by atoms with van der Waals surface area (Å²) in [7, 11) is 1.62. The predicted octanol–water partition coefficient (Wildman–Crippen LogP) is 1.76. The van der Waals surface area contributed by atoms with E-state index in [0.29, 0.717) is 24.3 Å². The molecule has 0 atom stereocenters. The first-order valence-corrected chi connectivity index (χ1v) is 7.44. The van der Waals surface area contributed by atoms with Gasteiger partial charge in [-0.3, -0.25) is 14.4 Å². The average Bonchev–Trinajstić information content (AvgIpc) is 2.96. The fourth-order valence-corrected chi connectivity index (χ4v) is 2.60. The van der Waals surface area contributed by atoms with Crippen LogP contribution in [0, 0.1) is 0 Å². The molecule has 118 valence electrons. The zero-order chi connectivity index (χ0) is 16.4. The van der Waals surface area contributed by atoms with Crippen LogP contribution in [0.2, 0.25) is 0 Å². The Bertz CT molecular complexity index is 826. The van der Waals surface area contributed by atoms with Crippen molar-refractivity contribution in [2.75, 3.05) is 16.8 Å². The molecule has 2 amide bonds. The Balaban J connectivity index is 1.88. The van der Waals surface area contributed by atoms with Gasteiger partial charge in [-0.1, -0.05) is 12.1 Å². The maximum Gasteiger partial charge on any atom is 0.255 e. The lowest BCUT2D eigenvalue weighted by Gasteiger charge is -2.20. The average molecular weight is 311 g/mol. The van der Waals surface area contributed by atoms with E-state index in [9.17, 15) is 14.4 Å². The Labute approximate surface area is 133 Å². The van der Waals surface area contributed by atoms with Crippen LogP contribution in [0.25, 0.3) is 0 Å². The Morgan fingerprint density at radius 2 is 1.96 bits per heavy atom. The number of para-hydroxylation sites is 2. The third kappa shape index (κ3) is 3.01. The monoisotopic (exact) mass is 311 g/mol.